The minimum Gasteiger partial charge on any atom is -0.337 e. The van der Waals surface area contributed by atoms with Crippen molar-refractivity contribution in [2.75, 3.05) is 13.6 Å². The van der Waals surface area contributed by atoms with Crippen LogP contribution >= 0.6 is 23.2 Å². The molecule has 0 heterocycles. The first-order valence-corrected chi connectivity index (χ1v) is 6.73. The summed E-state index contributed by atoms with van der Waals surface area (Å²) in [6, 6.07) is 5.14. The Labute approximate surface area is 117 Å². The predicted octanol–water partition coefficient (Wildman–Crippen LogP) is 2.80. The number of hydrogen-bond donors (Lipinski definition) is 1. The van der Waals surface area contributed by atoms with Crippen molar-refractivity contribution >= 4 is 29.1 Å². The number of nitrogens with two attached hydrogens (primary N) is 1. The Kier molecular flexibility index (Phi) is 4.15. The van der Waals surface area contributed by atoms with Crippen LogP contribution in [0.15, 0.2) is 18.2 Å². The van der Waals surface area contributed by atoms with Gasteiger partial charge in [0, 0.05) is 19.6 Å². The summed E-state index contributed by atoms with van der Waals surface area (Å²) in [5.74, 6) is 0.359. The van der Waals surface area contributed by atoms with E-state index in [1.165, 1.54) is 0 Å². The van der Waals surface area contributed by atoms with Gasteiger partial charge in [-0.1, -0.05) is 29.3 Å². The number of carbonyl (C=O) groups excluding carboxylic acids is 1. The summed E-state index contributed by atoms with van der Waals surface area (Å²) in [7, 11) is 1.76. The van der Waals surface area contributed by atoms with Gasteiger partial charge < -0.3 is 10.6 Å². The molecule has 0 saturated heterocycles. The van der Waals surface area contributed by atoms with Gasteiger partial charge >= 0.3 is 0 Å². The zero-order valence-corrected chi connectivity index (χ0v) is 11.7. The van der Waals surface area contributed by atoms with E-state index in [1.807, 2.05) is 0 Å². The van der Waals surface area contributed by atoms with Gasteiger partial charge in [0.15, 0.2) is 0 Å². The van der Waals surface area contributed by atoms with Gasteiger partial charge in [-0.15, -0.1) is 0 Å². The van der Waals surface area contributed by atoms with E-state index in [0.29, 0.717) is 28.1 Å². The standard InChI is InChI=1S/C13H16Cl2N2O/c1-17(11(7-16)8-5-6-8)13(18)12-9(14)3-2-4-10(12)15/h2-4,8,11H,5-7,16H2,1H3. The molecule has 5 heteroatoms. The second-order valence-corrected chi connectivity index (χ2v) is 5.47. The summed E-state index contributed by atoms with van der Waals surface area (Å²) in [6.45, 7) is 0.467. The second-order valence-electron chi connectivity index (χ2n) is 4.65. The number of nitrogens with zero attached hydrogens (tertiary/aromatic N) is 1. The first kappa shape index (κ1) is 13.7. The van der Waals surface area contributed by atoms with Gasteiger partial charge in [-0.25, -0.2) is 0 Å². The zero-order chi connectivity index (χ0) is 13.3. The molecule has 3 nitrogen and oxygen atoms in total. The van der Waals surface area contributed by atoms with Crippen LogP contribution in [0.1, 0.15) is 23.2 Å². The van der Waals surface area contributed by atoms with Crippen molar-refractivity contribution in [3.05, 3.63) is 33.8 Å². The summed E-state index contributed by atoms with van der Waals surface area (Å²) < 4.78 is 0. The monoisotopic (exact) mass is 286 g/mol. The highest BCUT2D eigenvalue weighted by Gasteiger charge is 2.35. The molecule has 1 aliphatic rings. The van der Waals surface area contributed by atoms with Crippen molar-refractivity contribution in [2.45, 2.75) is 18.9 Å². The fourth-order valence-corrected chi connectivity index (χ4v) is 2.74. The molecule has 1 fully saturated rings. The summed E-state index contributed by atoms with van der Waals surface area (Å²) in [4.78, 5) is 14.1. The lowest BCUT2D eigenvalue weighted by Crippen LogP contribution is -2.43. The third-order valence-electron chi connectivity index (χ3n) is 3.40. The number of carbonyl (C=O) groups is 1. The van der Waals surface area contributed by atoms with Gasteiger partial charge in [-0.05, 0) is 30.9 Å². The van der Waals surface area contributed by atoms with E-state index in [2.05, 4.69) is 0 Å². The minimum absolute atomic E-state index is 0.0739. The van der Waals surface area contributed by atoms with Crippen LogP contribution in [0.2, 0.25) is 10.0 Å². The molecule has 98 valence electrons. The van der Waals surface area contributed by atoms with Crippen LogP contribution in [0.4, 0.5) is 0 Å². The molecule has 1 unspecified atom stereocenters. The molecule has 1 atom stereocenters. The van der Waals surface area contributed by atoms with E-state index >= 15 is 0 Å². The fourth-order valence-electron chi connectivity index (χ4n) is 2.18. The number of benzene rings is 1. The molecule has 1 saturated carbocycles. The third kappa shape index (κ3) is 2.63. The molecular formula is C13H16Cl2N2O. The van der Waals surface area contributed by atoms with E-state index < -0.39 is 0 Å². The largest absolute Gasteiger partial charge is 0.337 e. The summed E-state index contributed by atoms with van der Waals surface area (Å²) in [5.41, 5.74) is 6.11. The van der Waals surface area contributed by atoms with Crippen LogP contribution < -0.4 is 5.73 Å². The number of likely N-dealkylation sites (N-methyl/N-ethyl adjacent to an activating group) is 1. The molecule has 0 aliphatic heterocycles. The smallest absolute Gasteiger partial charge is 0.256 e. The third-order valence-corrected chi connectivity index (χ3v) is 4.03. The molecular weight excluding hydrogens is 271 g/mol. The number of halogens is 2. The SMILES string of the molecule is CN(C(=O)c1c(Cl)cccc1Cl)C(CN)C1CC1. The molecule has 18 heavy (non-hydrogen) atoms. The van der Waals surface area contributed by atoms with Crippen LogP contribution in [0.25, 0.3) is 0 Å². The van der Waals surface area contributed by atoms with Crippen LogP contribution in [0.3, 0.4) is 0 Å². The lowest BCUT2D eigenvalue weighted by Gasteiger charge is -2.27. The van der Waals surface area contributed by atoms with Crippen LogP contribution in [-0.4, -0.2) is 30.4 Å². The second kappa shape index (κ2) is 5.47. The van der Waals surface area contributed by atoms with Crippen molar-refractivity contribution in [2.24, 2.45) is 11.7 Å². The number of amides is 1. The maximum atomic E-state index is 12.4. The molecule has 0 radical (unpaired) electrons. The average Bonchev–Trinajstić information content (AvgIpc) is 3.14. The van der Waals surface area contributed by atoms with E-state index in [4.69, 9.17) is 28.9 Å². The highest BCUT2D eigenvalue weighted by atomic mass is 35.5. The van der Waals surface area contributed by atoms with Gasteiger partial charge in [0.05, 0.1) is 15.6 Å². The molecule has 0 bridgehead atoms. The zero-order valence-electron chi connectivity index (χ0n) is 10.2. The number of hydrogen-bond acceptors (Lipinski definition) is 2. The minimum atomic E-state index is -0.159. The van der Waals surface area contributed by atoms with Crippen molar-refractivity contribution in [3.8, 4) is 0 Å². The van der Waals surface area contributed by atoms with E-state index in [9.17, 15) is 4.79 Å². The molecule has 1 amide bonds. The van der Waals surface area contributed by atoms with E-state index in [1.54, 1.807) is 30.1 Å². The normalized spacial score (nSPS) is 16.4. The Balaban J connectivity index is 2.24. The molecule has 2 N–H and O–H groups in total. The van der Waals surface area contributed by atoms with Crippen LogP contribution in [0, 0.1) is 5.92 Å². The Morgan fingerprint density at radius 3 is 2.44 bits per heavy atom. The fraction of sp³-hybridized carbons (Fsp3) is 0.462. The first-order chi connectivity index (χ1) is 8.56. The van der Waals surface area contributed by atoms with Gasteiger partial charge in [-0.3, -0.25) is 4.79 Å². The molecule has 0 spiro atoms. The Morgan fingerprint density at radius 1 is 1.44 bits per heavy atom. The predicted molar refractivity (Wildman–Crippen MR) is 74.1 cm³/mol. The lowest BCUT2D eigenvalue weighted by atomic mass is 10.1. The van der Waals surface area contributed by atoms with Gasteiger partial charge in [-0.2, -0.15) is 0 Å². The maximum absolute atomic E-state index is 12.4. The molecule has 1 aliphatic carbocycles. The van der Waals surface area contributed by atoms with E-state index in [-0.39, 0.29) is 11.9 Å². The summed E-state index contributed by atoms with van der Waals surface area (Å²) >= 11 is 12.1. The maximum Gasteiger partial charge on any atom is 0.256 e. The van der Waals surface area contributed by atoms with Crippen molar-refractivity contribution in [1.29, 1.82) is 0 Å². The van der Waals surface area contributed by atoms with Gasteiger partial charge in [0.2, 0.25) is 0 Å². The van der Waals surface area contributed by atoms with Gasteiger partial charge in [0.1, 0.15) is 0 Å². The van der Waals surface area contributed by atoms with E-state index in [0.717, 1.165) is 12.8 Å². The van der Waals surface area contributed by atoms with Crippen molar-refractivity contribution in [1.82, 2.24) is 4.90 Å². The number of rotatable bonds is 4. The topological polar surface area (TPSA) is 46.3 Å². The van der Waals surface area contributed by atoms with Crippen molar-refractivity contribution in [3.63, 3.8) is 0 Å². The first-order valence-electron chi connectivity index (χ1n) is 5.97. The van der Waals surface area contributed by atoms with Gasteiger partial charge in [0.25, 0.3) is 5.91 Å². The highest BCUT2D eigenvalue weighted by Crippen LogP contribution is 2.35. The highest BCUT2D eigenvalue weighted by molar-refractivity contribution is 6.39. The quantitative estimate of drug-likeness (QED) is 0.925. The lowest BCUT2D eigenvalue weighted by molar-refractivity contribution is 0.0719. The Hall–Kier alpha value is -0.770. The molecule has 1 aromatic rings. The Morgan fingerprint density at radius 2 is 2.00 bits per heavy atom. The average molecular weight is 287 g/mol. The molecule has 1 aromatic carbocycles. The Bertz CT molecular complexity index is 440. The summed E-state index contributed by atoms with van der Waals surface area (Å²) in [5, 5.41) is 0.761. The van der Waals surface area contributed by atoms with Crippen LogP contribution in [-0.2, 0) is 0 Å². The van der Waals surface area contributed by atoms with Crippen molar-refractivity contribution < 1.29 is 4.79 Å². The summed E-state index contributed by atoms with van der Waals surface area (Å²) in [6.07, 6.45) is 2.27. The van der Waals surface area contributed by atoms with Crippen LogP contribution in [0.5, 0.6) is 0 Å². The molecule has 2 rings (SSSR count). The molecule has 0 aromatic heterocycles.